The minimum absolute atomic E-state index is 0.0840. The van der Waals surface area contributed by atoms with Gasteiger partial charge in [-0.25, -0.2) is 8.42 Å². The first-order chi connectivity index (χ1) is 8.93. The molecule has 1 aromatic heterocycles. The van der Waals surface area contributed by atoms with Gasteiger partial charge in [0, 0.05) is 13.2 Å². The van der Waals surface area contributed by atoms with E-state index in [0.29, 0.717) is 10.7 Å². The molecule has 0 aliphatic heterocycles. The number of rotatable bonds is 3. The van der Waals surface area contributed by atoms with E-state index in [2.05, 4.69) is 4.98 Å². The molecule has 0 atom stereocenters. The minimum atomic E-state index is -3.68. The van der Waals surface area contributed by atoms with Crippen LogP contribution in [0.5, 0.6) is 0 Å². The van der Waals surface area contributed by atoms with Gasteiger partial charge in [-0.05, 0) is 30.3 Å². The first-order valence-corrected chi connectivity index (χ1v) is 7.18. The summed E-state index contributed by atoms with van der Waals surface area (Å²) in [6, 6.07) is 7.54. The summed E-state index contributed by atoms with van der Waals surface area (Å²) >= 11 is 5.78. The van der Waals surface area contributed by atoms with Gasteiger partial charge in [0.1, 0.15) is 0 Å². The Kier molecular flexibility index (Phi) is 3.64. The number of pyridine rings is 1. The van der Waals surface area contributed by atoms with E-state index in [9.17, 15) is 8.42 Å². The number of hydrogen-bond acceptors (Lipinski definition) is 4. The largest absolute Gasteiger partial charge is 0.397 e. The monoisotopic (exact) mass is 297 g/mol. The van der Waals surface area contributed by atoms with E-state index in [-0.39, 0.29) is 10.6 Å². The first-order valence-electron chi connectivity index (χ1n) is 5.37. The fourth-order valence-electron chi connectivity index (χ4n) is 1.52. The van der Waals surface area contributed by atoms with E-state index in [1.54, 1.807) is 18.3 Å². The third-order valence-electron chi connectivity index (χ3n) is 2.64. The predicted octanol–water partition coefficient (Wildman–Crippen LogP) is 2.14. The molecule has 0 spiro atoms. The van der Waals surface area contributed by atoms with Gasteiger partial charge < -0.3 is 5.73 Å². The van der Waals surface area contributed by atoms with Crippen LogP contribution in [0.25, 0.3) is 0 Å². The fraction of sp³-hybridized carbons (Fsp3) is 0.0833. The van der Waals surface area contributed by atoms with Gasteiger partial charge in [0.2, 0.25) is 0 Å². The lowest BCUT2D eigenvalue weighted by atomic mass is 10.3. The van der Waals surface area contributed by atoms with Crippen LogP contribution in [0.15, 0.2) is 47.6 Å². The SMILES string of the molecule is CN(c1cccnc1)S(=O)(=O)c1ccc(Cl)c(N)c1. The van der Waals surface area contributed by atoms with Crippen LogP contribution >= 0.6 is 11.6 Å². The number of halogens is 1. The summed E-state index contributed by atoms with van der Waals surface area (Å²) in [4.78, 5) is 3.98. The summed E-state index contributed by atoms with van der Waals surface area (Å²) in [5, 5.41) is 0.322. The second-order valence-electron chi connectivity index (χ2n) is 3.87. The van der Waals surface area contributed by atoms with Gasteiger partial charge in [-0.2, -0.15) is 0 Å². The van der Waals surface area contributed by atoms with Crippen LogP contribution in [0.1, 0.15) is 0 Å². The van der Waals surface area contributed by atoms with Gasteiger partial charge in [-0.3, -0.25) is 9.29 Å². The van der Waals surface area contributed by atoms with Crippen molar-refractivity contribution in [3.63, 3.8) is 0 Å². The van der Waals surface area contributed by atoms with E-state index in [0.717, 1.165) is 4.31 Å². The molecule has 7 heteroatoms. The molecule has 5 nitrogen and oxygen atoms in total. The van der Waals surface area contributed by atoms with Crippen LogP contribution in [-0.4, -0.2) is 20.4 Å². The van der Waals surface area contributed by atoms with Crippen molar-refractivity contribution >= 4 is 33.0 Å². The molecule has 0 aliphatic rings. The number of nitrogens with zero attached hydrogens (tertiary/aromatic N) is 2. The Balaban J connectivity index is 2.45. The number of benzene rings is 1. The quantitative estimate of drug-likeness (QED) is 0.881. The van der Waals surface area contributed by atoms with Crippen LogP contribution in [-0.2, 0) is 10.0 Å². The van der Waals surface area contributed by atoms with Crippen LogP contribution in [0, 0.1) is 0 Å². The molecule has 100 valence electrons. The number of hydrogen-bond donors (Lipinski definition) is 1. The Hall–Kier alpha value is -1.79. The van der Waals surface area contributed by atoms with E-state index < -0.39 is 10.0 Å². The smallest absolute Gasteiger partial charge is 0.264 e. The van der Waals surface area contributed by atoms with Crippen LogP contribution in [0.2, 0.25) is 5.02 Å². The van der Waals surface area contributed by atoms with Crippen molar-refractivity contribution in [1.29, 1.82) is 0 Å². The highest BCUT2D eigenvalue weighted by molar-refractivity contribution is 7.92. The van der Waals surface area contributed by atoms with Crippen LogP contribution in [0.4, 0.5) is 11.4 Å². The van der Waals surface area contributed by atoms with E-state index in [1.807, 2.05) is 0 Å². The molecule has 0 radical (unpaired) electrons. The minimum Gasteiger partial charge on any atom is -0.397 e. The lowest BCUT2D eigenvalue weighted by molar-refractivity contribution is 0.594. The lowest BCUT2D eigenvalue weighted by Crippen LogP contribution is -2.26. The molecule has 0 amide bonds. The van der Waals surface area contributed by atoms with Crippen molar-refractivity contribution in [2.45, 2.75) is 4.90 Å². The standard InChI is InChI=1S/C12H12ClN3O2S/c1-16(9-3-2-6-15-8-9)19(17,18)10-4-5-11(13)12(14)7-10/h2-8H,14H2,1H3. The lowest BCUT2D eigenvalue weighted by Gasteiger charge is -2.19. The summed E-state index contributed by atoms with van der Waals surface area (Å²) < 4.78 is 25.9. The number of nitrogen functional groups attached to an aromatic ring is 1. The van der Waals surface area contributed by atoms with Gasteiger partial charge in [-0.15, -0.1) is 0 Å². The van der Waals surface area contributed by atoms with Gasteiger partial charge in [0.15, 0.2) is 0 Å². The van der Waals surface area contributed by atoms with Gasteiger partial charge >= 0.3 is 0 Å². The van der Waals surface area contributed by atoms with Crippen molar-refractivity contribution in [3.05, 3.63) is 47.7 Å². The molecule has 1 aromatic carbocycles. The summed E-state index contributed by atoms with van der Waals surface area (Å²) in [5.74, 6) is 0. The van der Waals surface area contributed by atoms with Crippen molar-refractivity contribution in [1.82, 2.24) is 4.98 Å². The summed E-state index contributed by atoms with van der Waals surface area (Å²) in [5.41, 5.74) is 6.32. The first kappa shape index (κ1) is 13.6. The Morgan fingerprint density at radius 1 is 1.32 bits per heavy atom. The van der Waals surface area contributed by atoms with Crippen molar-refractivity contribution in [2.24, 2.45) is 0 Å². The molecule has 1 heterocycles. The molecule has 0 unspecified atom stereocenters. The summed E-state index contributed by atoms with van der Waals surface area (Å²) in [6.45, 7) is 0. The van der Waals surface area contributed by atoms with Crippen molar-refractivity contribution < 1.29 is 8.42 Å². The zero-order valence-electron chi connectivity index (χ0n) is 10.1. The summed E-state index contributed by atoms with van der Waals surface area (Å²) in [6.07, 6.45) is 3.04. The Labute approximate surface area is 116 Å². The predicted molar refractivity (Wildman–Crippen MR) is 75.7 cm³/mol. The molecule has 0 saturated carbocycles. The fourth-order valence-corrected chi connectivity index (χ4v) is 2.85. The van der Waals surface area contributed by atoms with Crippen LogP contribution < -0.4 is 10.0 Å². The van der Waals surface area contributed by atoms with E-state index >= 15 is 0 Å². The molecule has 0 bridgehead atoms. The normalized spacial score (nSPS) is 11.3. The maximum atomic E-state index is 12.4. The van der Waals surface area contributed by atoms with E-state index in [4.69, 9.17) is 17.3 Å². The van der Waals surface area contributed by atoms with Gasteiger partial charge in [0.25, 0.3) is 10.0 Å². The molecular formula is C12H12ClN3O2S. The molecule has 2 N–H and O–H groups in total. The molecule has 0 aliphatic carbocycles. The number of anilines is 2. The second-order valence-corrected chi connectivity index (χ2v) is 6.24. The third kappa shape index (κ3) is 2.64. The highest BCUT2D eigenvalue weighted by Gasteiger charge is 2.21. The van der Waals surface area contributed by atoms with Gasteiger partial charge in [0.05, 0.1) is 27.5 Å². The Morgan fingerprint density at radius 2 is 2.05 bits per heavy atom. The van der Waals surface area contributed by atoms with Crippen molar-refractivity contribution in [3.8, 4) is 0 Å². The van der Waals surface area contributed by atoms with Crippen molar-refractivity contribution in [2.75, 3.05) is 17.1 Å². The zero-order valence-corrected chi connectivity index (χ0v) is 11.7. The summed E-state index contributed by atoms with van der Waals surface area (Å²) in [7, 11) is -2.22. The van der Waals surface area contributed by atoms with Gasteiger partial charge in [-0.1, -0.05) is 11.6 Å². The average molecular weight is 298 g/mol. The molecular weight excluding hydrogens is 286 g/mol. The third-order valence-corrected chi connectivity index (χ3v) is 4.76. The molecule has 19 heavy (non-hydrogen) atoms. The Morgan fingerprint density at radius 3 is 2.63 bits per heavy atom. The zero-order chi connectivity index (χ0) is 14.0. The number of sulfonamides is 1. The molecule has 0 saturated heterocycles. The van der Waals surface area contributed by atoms with Crippen LogP contribution in [0.3, 0.4) is 0 Å². The maximum absolute atomic E-state index is 12.4. The number of aromatic nitrogens is 1. The average Bonchev–Trinajstić information content (AvgIpc) is 2.41. The maximum Gasteiger partial charge on any atom is 0.264 e. The highest BCUT2D eigenvalue weighted by Crippen LogP contribution is 2.26. The molecule has 0 fully saturated rings. The topological polar surface area (TPSA) is 76.3 Å². The number of nitrogens with two attached hydrogens (primary N) is 1. The Bertz CT molecular complexity index is 689. The van der Waals surface area contributed by atoms with E-state index in [1.165, 1.54) is 31.4 Å². The second kappa shape index (κ2) is 5.07. The highest BCUT2D eigenvalue weighted by atomic mass is 35.5. The molecule has 2 rings (SSSR count). The molecule has 2 aromatic rings.